The molecule has 54 valence electrons. The molecule has 2 heteroatoms. The first-order valence-electron chi connectivity index (χ1n) is 3.00. The second kappa shape index (κ2) is 4.39. The van der Waals surface area contributed by atoms with Crippen LogP contribution in [0, 0.1) is 0 Å². The van der Waals surface area contributed by atoms with E-state index in [-0.39, 0.29) is 6.10 Å². The fraction of sp³-hybridized carbons (Fsp3) is 0.714. The molecule has 0 spiro atoms. The quantitative estimate of drug-likeness (QED) is 0.538. The summed E-state index contributed by atoms with van der Waals surface area (Å²) in [7, 11) is 1.62. The first-order chi connectivity index (χ1) is 4.16. The lowest BCUT2D eigenvalue weighted by molar-refractivity contribution is 0.0963. The molecule has 0 rings (SSSR count). The molecule has 0 radical (unpaired) electrons. The SMILES string of the molecule is C=C(COC)OC(C)C. The van der Waals surface area contributed by atoms with Gasteiger partial charge in [0.2, 0.25) is 0 Å². The van der Waals surface area contributed by atoms with Gasteiger partial charge in [0.15, 0.2) is 0 Å². The van der Waals surface area contributed by atoms with Gasteiger partial charge in [0.05, 0.1) is 6.10 Å². The zero-order chi connectivity index (χ0) is 7.28. The fourth-order valence-corrected chi connectivity index (χ4v) is 0.528. The van der Waals surface area contributed by atoms with Crippen molar-refractivity contribution in [2.75, 3.05) is 13.7 Å². The van der Waals surface area contributed by atoms with Crippen molar-refractivity contribution in [3.05, 3.63) is 12.3 Å². The van der Waals surface area contributed by atoms with Gasteiger partial charge in [-0.2, -0.15) is 0 Å². The Bertz CT molecular complexity index is 86.9. The Hall–Kier alpha value is -0.500. The van der Waals surface area contributed by atoms with Crippen LogP contribution >= 0.6 is 0 Å². The minimum Gasteiger partial charge on any atom is -0.494 e. The highest BCUT2D eigenvalue weighted by Gasteiger charge is 1.95. The van der Waals surface area contributed by atoms with Gasteiger partial charge >= 0.3 is 0 Å². The van der Waals surface area contributed by atoms with Crippen molar-refractivity contribution in [2.24, 2.45) is 0 Å². The van der Waals surface area contributed by atoms with Crippen molar-refractivity contribution in [3.63, 3.8) is 0 Å². The predicted molar refractivity (Wildman–Crippen MR) is 37.2 cm³/mol. The van der Waals surface area contributed by atoms with Gasteiger partial charge in [-0.3, -0.25) is 0 Å². The van der Waals surface area contributed by atoms with Crippen molar-refractivity contribution in [3.8, 4) is 0 Å². The molecule has 0 aliphatic carbocycles. The highest BCUT2D eigenvalue weighted by Crippen LogP contribution is 1.98. The van der Waals surface area contributed by atoms with Gasteiger partial charge in [-0.25, -0.2) is 0 Å². The Morgan fingerprint density at radius 3 is 2.44 bits per heavy atom. The molecule has 0 N–H and O–H groups in total. The zero-order valence-electron chi connectivity index (χ0n) is 6.31. The van der Waals surface area contributed by atoms with E-state index in [1.807, 2.05) is 13.8 Å². The lowest BCUT2D eigenvalue weighted by Gasteiger charge is -2.10. The first kappa shape index (κ1) is 8.50. The monoisotopic (exact) mass is 130 g/mol. The summed E-state index contributed by atoms with van der Waals surface area (Å²) < 4.78 is 9.95. The minimum absolute atomic E-state index is 0.202. The van der Waals surface area contributed by atoms with Crippen LogP contribution in [0.25, 0.3) is 0 Å². The second-order valence-corrected chi connectivity index (χ2v) is 2.14. The summed E-state index contributed by atoms with van der Waals surface area (Å²) >= 11 is 0. The topological polar surface area (TPSA) is 18.5 Å². The Kier molecular flexibility index (Phi) is 4.14. The van der Waals surface area contributed by atoms with Crippen molar-refractivity contribution in [2.45, 2.75) is 20.0 Å². The summed E-state index contributed by atoms with van der Waals surface area (Å²) in [5, 5.41) is 0. The van der Waals surface area contributed by atoms with Crippen LogP contribution in [-0.4, -0.2) is 19.8 Å². The highest BCUT2D eigenvalue weighted by atomic mass is 16.5. The summed E-state index contributed by atoms with van der Waals surface area (Å²) in [6.07, 6.45) is 0.202. The van der Waals surface area contributed by atoms with Gasteiger partial charge in [0.1, 0.15) is 12.4 Å². The average Bonchev–Trinajstić information content (AvgIpc) is 1.63. The van der Waals surface area contributed by atoms with E-state index in [1.165, 1.54) is 0 Å². The molecule has 9 heavy (non-hydrogen) atoms. The first-order valence-corrected chi connectivity index (χ1v) is 3.00. The van der Waals surface area contributed by atoms with Gasteiger partial charge in [-0.05, 0) is 13.8 Å². The van der Waals surface area contributed by atoms with Crippen molar-refractivity contribution in [1.29, 1.82) is 0 Å². The van der Waals surface area contributed by atoms with Gasteiger partial charge in [0, 0.05) is 7.11 Å². The molecule has 0 heterocycles. The highest BCUT2D eigenvalue weighted by molar-refractivity contribution is 4.82. The normalized spacial score (nSPS) is 9.78. The fourth-order valence-electron chi connectivity index (χ4n) is 0.528. The van der Waals surface area contributed by atoms with Crippen LogP contribution in [0.5, 0.6) is 0 Å². The molecule has 0 bridgehead atoms. The summed E-state index contributed by atoms with van der Waals surface area (Å²) in [6.45, 7) is 8.04. The zero-order valence-corrected chi connectivity index (χ0v) is 6.31. The van der Waals surface area contributed by atoms with Gasteiger partial charge < -0.3 is 9.47 Å². The minimum atomic E-state index is 0.202. The Labute approximate surface area is 56.5 Å². The van der Waals surface area contributed by atoms with E-state index in [1.54, 1.807) is 7.11 Å². The molecular formula is C7H14O2. The Morgan fingerprint density at radius 1 is 1.56 bits per heavy atom. The summed E-state index contributed by atoms with van der Waals surface area (Å²) in [5.74, 6) is 0.688. The number of hydrogen-bond donors (Lipinski definition) is 0. The van der Waals surface area contributed by atoms with E-state index in [2.05, 4.69) is 6.58 Å². The van der Waals surface area contributed by atoms with E-state index in [0.717, 1.165) is 0 Å². The third-order valence-corrected chi connectivity index (χ3v) is 0.708. The molecule has 0 fully saturated rings. The number of hydrogen-bond acceptors (Lipinski definition) is 2. The van der Waals surface area contributed by atoms with Crippen molar-refractivity contribution in [1.82, 2.24) is 0 Å². The van der Waals surface area contributed by atoms with E-state index < -0.39 is 0 Å². The van der Waals surface area contributed by atoms with Crippen LogP contribution in [-0.2, 0) is 9.47 Å². The molecule has 0 amide bonds. The average molecular weight is 130 g/mol. The Balaban J connectivity index is 3.27. The molecule has 0 unspecified atom stereocenters. The van der Waals surface area contributed by atoms with Crippen LogP contribution in [0.15, 0.2) is 12.3 Å². The maximum Gasteiger partial charge on any atom is 0.115 e. The molecule has 0 aliphatic rings. The number of rotatable bonds is 4. The molecule has 0 aliphatic heterocycles. The smallest absolute Gasteiger partial charge is 0.115 e. The van der Waals surface area contributed by atoms with Crippen LogP contribution in [0.1, 0.15) is 13.8 Å². The standard InChI is InChI=1S/C7H14O2/c1-6(2)9-7(3)5-8-4/h6H,3,5H2,1-2,4H3. The van der Waals surface area contributed by atoms with E-state index >= 15 is 0 Å². The second-order valence-electron chi connectivity index (χ2n) is 2.14. The Morgan fingerprint density at radius 2 is 2.11 bits per heavy atom. The maximum absolute atomic E-state index is 5.17. The molecule has 0 atom stereocenters. The largest absolute Gasteiger partial charge is 0.494 e. The predicted octanol–water partition coefficient (Wildman–Crippen LogP) is 1.57. The van der Waals surface area contributed by atoms with E-state index in [0.29, 0.717) is 12.4 Å². The third kappa shape index (κ3) is 5.37. The molecular weight excluding hydrogens is 116 g/mol. The number of ether oxygens (including phenoxy) is 2. The molecule has 0 aromatic rings. The molecule has 0 saturated carbocycles. The van der Waals surface area contributed by atoms with Crippen molar-refractivity contribution >= 4 is 0 Å². The number of methoxy groups -OCH3 is 1. The molecule has 2 nitrogen and oxygen atoms in total. The van der Waals surface area contributed by atoms with Crippen molar-refractivity contribution < 1.29 is 9.47 Å². The molecule has 0 aromatic carbocycles. The van der Waals surface area contributed by atoms with Crippen LogP contribution in [0.3, 0.4) is 0 Å². The summed E-state index contributed by atoms with van der Waals surface area (Å²) in [4.78, 5) is 0. The van der Waals surface area contributed by atoms with Crippen LogP contribution in [0.4, 0.5) is 0 Å². The maximum atomic E-state index is 5.17. The van der Waals surface area contributed by atoms with E-state index in [9.17, 15) is 0 Å². The van der Waals surface area contributed by atoms with Crippen LogP contribution < -0.4 is 0 Å². The third-order valence-electron chi connectivity index (χ3n) is 0.708. The molecule has 0 saturated heterocycles. The van der Waals surface area contributed by atoms with Gasteiger partial charge in [-0.15, -0.1) is 0 Å². The van der Waals surface area contributed by atoms with Gasteiger partial charge in [0.25, 0.3) is 0 Å². The van der Waals surface area contributed by atoms with Crippen LogP contribution in [0.2, 0.25) is 0 Å². The summed E-state index contributed by atoms with van der Waals surface area (Å²) in [5.41, 5.74) is 0. The molecule has 0 aromatic heterocycles. The summed E-state index contributed by atoms with van der Waals surface area (Å²) in [6, 6.07) is 0. The lowest BCUT2D eigenvalue weighted by atomic mass is 10.5. The van der Waals surface area contributed by atoms with Gasteiger partial charge in [-0.1, -0.05) is 6.58 Å². The lowest BCUT2D eigenvalue weighted by Crippen LogP contribution is -2.05. The van der Waals surface area contributed by atoms with E-state index in [4.69, 9.17) is 9.47 Å².